The fourth-order valence-corrected chi connectivity index (χ4v) is 8.02. The first kappa shape index (κ1) is 58.7. The number of phosphoric ester groups is 1. The van der Waals surface area contributed by atoms with Crippen molar-refractivity contribution in [1.29, 1.82) is 0 Å². The van der Waals surface area contributed by atoms with E-state index in [9.17, 15) is 14.3 Å². The van der Waals surface area contributed by atoms with Gasteiger partial charge in [0.05, 0.1) is 19.8 Å². The van der Waals surface area contributed by atoms with E-state index in [0.29, 0.717) is 13.0 Å². The van der Waals surface area contributed by atoms with Crippen LogP contribution in [0.15, 0.2) is 36.5 Å². The lowest BCUT2D eigenvalue weighted by molar-refractivity contribution is -0.154. The molecule has 0 aromatic heterocycles. The molecule has 0 saturated heterocycles. The van der Waals surface area contributed by atoms with Gasteiger partial charge in [0.1, 0.15) is 6.10 Å². The van der Waals surface area contributed by atoms with Crippen LogP contribution in [0.1, 0.15) is 245 Å². The summed E-state index contributed by atoms with van der Waals surface area (Å²) in [7, 11) is -4.28. The van der Waals surface area contributed by atoms with Crippen LogP contribution in [-0.4, -0.2) is 49.9 Å². The number of carbonyl (C=O) groups is 1. The fourth-order valence-electron chi connectivity index (χ4n) is 7.26. The van der Waals surface area contributed by atoms with Crippen molar-refractivity contribution in [2.45, 2.75) is 251 Å². The van der Waals surface area contributed by atoms with Gasteiger partial charge in [0.25, 0.3) is 0 Å². The summed E-state index contributed by atoms with van der Waals surface area (Å²) in [6, 6.07) is 0. The molecular formula is C51H98NO7P. The molecule has 0 aliphatic carbocycles. The van der Waals surface area contributed by atoms with Gasteiger partial charge >= 0.3 is 13.8 Å². The molecule has 0 amide bonds. The molecule has 0 saturated carbocycles. The molecule has 0 fully saturated rings. The normalized spacial score (nSPS) is 13.6. The molecule has 354 valence electrons. The fraction of sp³-hybridized carbons (Fsp3) is 0.863. The van der Waals surface area contributed by atoms with Crippen molar-refractivity contribution in [1.82, 2.24) is 0 Å². The van der Waals surface area contributed by atoms with E-state index < -0.39 is 13.9 Å². The lowest BCUT2D eigenvalue weighted by atomic mass is 10.1. The third-order valence-corrected chi connectivity index (χ3v) is 12.0. The maximum absolute atomic E-state index is 12.6. The van der Waals surface area contributed by atoms with Gasteiger partial charge in [-0.05, 0) is 70.6 Å². The lowest BCUT2D eigenvalue weighted by Crippen LogP contribution is -2.28. The standard InChI is InChI=1S/C51H98NO7P/c1-3-5-7-9-11-13-15-17-19-21-23-24-25-27-29-31-33-35-37-39-41-43-46-56-48-50(49-58-60(54,55)57-47-45-52)59-51(53)44-42-40-38-36-34-32-30-28-26-22-20-18-16-14-12-10-8-6-4-2/h15,17-18,20-21,23,50H,3-14,16,19,22,24-49,52H2,1-2H3,(H,54,55)/b17-15-,20-18-,23-21-. The van der Waals surface area contributed by atoms with Gasteiger partial charge < -0.3 is 20.1 Å². The van der Waals surface area contributed by atoms with Crippen LogP contribution in [0.25, 0.3) is 0 Å². The van der Waals surface area contributed by atoms with Crippen LogP contribution in [0.2, 0.25) is 0 Å². The van der Waals surface area contributed by atoms with E-state index in [-0.39, 0.29) is 32.3 Å². The Morgan fingerprint density at radius 1 is 0.500 bits per heavy atom. The number of unbranched alkanes of at least 4 members (excludes halogenated alkanes) is 30. The van der Waals surface area contributed by atoms with Crippen LogP contribution in [-0.2, 0) is 27.9 Å². The summed E-state index contributed by atoms with van der Waals surface area (Å²) in [5.74, 6) is -0.331. The van der Waals surface area contributed by atoms with Gasteiger partial charge in [-0.15, -0.1) is 0 Å². The Morgan fingerprint density at radius 2 is 0.883 bits per heavy atom. The Bertz CT molecular complexity index is 1020. The van der Waals surface area contributed by atoms with E-state index in [1.807, 2.05) is 0 Å². The predicted molar refractivity (Wildman–Crippen MR) is 256 cm³/mol. The SMILES string of the molecule is CCCCCCC/C=C\C/C=C\CCCCCCCCCCCCOCC(COP(=O)(O)OCCN)OC(=O)CCCCCCCCCCC/C=C\CCCCCCCC. The van der Waals surface area contributed by atoms with Crippen molar-refractivity contribution in [3.05, 3.63) is 36.5 Å². The monoisotopic (exact) mass is 868 g/mol. The summed E-state index contributed by atoms with van der Waals surface area (Å²) in [6.07, 6.45) is 57.4. The molecule has 2 atom stereocenters. The number of hydrogen-bond acceptors (Lipinski definition) is 7. The number of rotatable bonds is 49. The van der Waals surface area contributed by atoms with Gasteiger partial charge in [-0.1, -0.05) is 204 Å². The van der Waals surface area contributed by atoms with Gasteiger partial charge in [-0.3, -0.25) is 13.8 Å². The van der Waals surface area contributed by atoms with Crippen LogP contribution < -0.4 is 5.73 Å². The minimum atomic E-state index is -4.28. The number of nitrogens with two attached hydrogens (primary N) is 1. The van der Waals surface area contributed by atoms with Crippen molar-refractivity contribution >= 4 is 13.8 Å². The molecule has 0 aromatic rings. The van der Waals surface area contributed by atoms with Gasteiger partial charge in [-0.2, -0.15) is 0 Å². The smallest absolute Gasteiger partial charge is 0.457 e. The van der Waals surface area contributed by atoms with Gasteiger partial charge in [-0.25, -0.2) is 4.57 Å². The molecule has 0 bridgehead atoms. The zero-order valence-electron chi connectivity index (χ0n) is 39.5. The van der Waals surface area contributed by atoms with E-state index >= 15 is 0 Å². The number of phosphoric acid groups is 1. The summed E-state index contributed by atoms with van der Waals surface area (Å²) in [5.41, 5.74) is 5.39. The maximum atomic E-state index is 12.6. The summed E-state index contributed by atoms with van der Waals surface area (Å²) < 4.78 is 33.6. The van der Waals surface area contributed by atoms with Crippen molar-refractivity contribution in [3.8, 4) is 0 Å². The van der Waals surface area contributed by atoms with E-state index in [2.05, 4.69) is 50.3 Å². The number of hydrogen-bond donors (Lipinski definition) is 2. The van der Waals surface area contributed by atoms with Gasteiger partial charge in [0, 0.05) is 19.6 Å². The van der Waals surface area contributed by atoms with Gasteiger partial charge in [0.2, 0.25) is 0 Å². The third-order valence-electron chi connectivity index (χ3n) is 11.0. The molecule has 3 N–H and O–H groups in total. The molecule has 2 unspecified atom stereocenters. The summed E-state index contributed by atoms with van der Waals surface area (Å²) >= 11 is 0. The molecule has 0 spiro atoms. The minimum Gasteiger partial charge on any atom is -0.457 e. The molecule has 0 aromatic carbocycles. The van der Waals surface area contributed by atoms with Crippen LogP contribution in [0.3, 0.4) is 0 Å². The molecule has 0 heterocycles. The molecule has 8 nitrogen and oxygen atoms in total. The largest absolute Gasteiger partial charge is 0.472 e. The lowest BCUT2D eigenvalue weighted by Gasteiger charge is -2.20. The summed E-state index contributed by atoms with van der Waals surface area (Å²) in [6.45, 7) is 4.94. The summed E-state index contributed by atoms with van der Waals surface area (Å²) in [4.78, 5) is 22.6. The second-order valence-electron chi connectivity index (χ2n) is 17.0. The minimum absolute atomic E-state index is 0.0959. The quantitative estimate of drug-likeness (QED) is 0.0269. The number of esters is 1. The Hall–Kier alpha value is -1.28. The number of ether oxygens (including phenoxy) is 2. The van der Waals surface area contributed by atoms with E-state index in [4.69, 9.17) is 24.3 Å². The van der Waals surface area contributed by atoms with Crippen molar-refractivity contribution in [2.75, 3.05) is 33.0 Å². The molecular weight excluding hydrogens is 770 g/mol. The Balaban J connectivity index is 3.94. The highest BCUT2D eigenvalue weighted by Gasteiger charge is 2.25. The maximum Gasteiger partial charge on any atom is 0.472 e. The topological polar surface area (TPSA) is 117 Å². The molecule has 9 heteroatoms. The second-order valence-corrected chi connectivity index (χ2v) is 18.5. The van der Waals surface area contributed by atoms with Crippen LogP contribution in [0.5, 0.6) is 0 Å². The molecule has 0 aliphatic rings. The Kier molecular flexibility index (Phi) is 47.7. The van der Waals surface area contributed by atoms with Crippen LogP contribution in [0.4, 0.5) is 0 Å². The number of carbonyl (C=O) groups excluding carboxylic acids is 1. The number of allylic oxidation sites excluding steroid dienone is 6. The molecule has 0 rings (SSSR count). The highest BCUT2D eigenvalue weighted by Crippen LogP contribution is 2.43. The van der Waals surface area contributed by atoms with Crippen molar-refractivity contribution < 1.29 is 32.8 Å². The highest BCUT2D eigenvalue weighted by molar-refractivity contribution is 7.47. The average Bonchev–Trinajstić information content (AvgIpc) is 3.24. The molecule has 0 aliphatic heterocycles. The van der Waals surface area contributed by atoms with E-state index in [1.165, 1.54) is 186 Å². The van der Waals surface area contributed by atoms with Crippen LogP contribution >= 0.6 is 7.82 Å². The zero-order chi connectivity index (χ0) is 43.7. The van der Waals surface area contributed by atoms with Crippen molar-refractivity contribution in [3.63, 3.8) is 0 Å². The van der Waals surface area contributed by atoms with E-state index in [1.54, 1.807) is 0 Å². The van der Waals surface area contributed by atoms with E-state index in [0.717, 1.165) is 38.5 Å². The summed E-state index contributed by atoms with van der Waals surface area (Å²) in [5, 5.41) is 0. The zero-order valence-corrected chi connectivity index (χ0v) is 40.3. The first-order valence-electron chi connectivity index (χ1n) is 25.5. The van der Waals surface area contributed by atoms with Gasteiger partial charge in [0.15, 0.2) is 0 Å². The third kappa shape index (κ3) is 47.8. The van der Waals surface area contributed by atoms with Crippen molar-refractivity contribution in [2.24, 2.45) is 5.73 Å². The molecule has 0 radical (unpaired) electrons. The average molecular weight is 868 g/mol. The Morgan fingerprint density at radius 3 is 1.32 bits per heavy atom. The molecule has 60 heavy (non-hydrogen) atoms. The highest BCUT2D eigenvalue weighted by atomic mass is 31.2. The second kappa shape index (κ2) is 48.7. The van der Waals surface area contributed by atoms with Crippen LogP contribution in [0, 0.1) is 0 Å². The Labute approximate surface area is 371 Å². The first-order chi connectivity index (χ1) is 29.4. The first-order valence-corrected chi connectivity index (χ1v) is 27.0. The predicted octanol–water partition coefficient (Wildman–Crippen LogP) is 15.8.